The fourth-order valence-electron chi connectivity index (χ4n) is 2.97. The van der Waals surface area contributed by atoms with E-state index in [1.54, 1.807) is 6.07 Å². The minimum Gasteiger partial charge on any atom is -0.378 e. The summed E-state index contributed by atoms with van der Waals surface area (Å²) in [7, 11) is 0. The Bertz CT molecular complexity index is 526. The maximum absolute atomic E-state index is 12.8. The molecule has 2 aliphatic rings. The molecule has 0 radical (unpaired) electrons. The molecule has 22 heavy (non-hydrogen) atoms. The number of nitrogens with one attached hydrogen (secondary N) is 1. The Morgan fingerprint density at radius 2 is 1.91 bits per heavy atom. The van der Waals surface area contributed by atoms with E-state index in [4.69, 9.17) is 16.3 Å². The lowest BCUT2D eigenvalue weighted by Gasteiger charge is -2.30. The maximum atomic E-state index is 12.8. The number of halogens is 1. The van der Waals surface area contributed by atoms with Crippen LogP contribution in [0.1, 0.15) is 15.9 Å². The second kappa shape index (κ2) is 7.42. The van der Waals surface area contributed by atoms with Crippen LogP contribution in [0, 0.1) is 0 Å². The zero-order valence-electron chi connectivity index (χ0n) is 12.7. The lowest BCUT2D eigenvalue weighted by molar-refractivity contribution is 0.0301. The van der Waals surface area contributed by atoms with Gasteiger partial charge in [-0.2, -0.15) is 0 Å². The minimum atomic E-state index is 0.0269. The van der Waals surface area contributed by atoms with Crippen molar-refractivity contribution in [2.45, 2.75) is 6.54 Å². The van der Waals surface area contributed by atoms with Gasteiger partial charge in [0.2, 0.25) is 0 Å². The third-order valence-corrected chi connectivity index (χ3v) is 4.53. The largest absolute Gasteiger partial charge is 0.378 e. The van der Waals surface area contributed by atoms with Crippen LogP contribution in [0.5, 0.6) is 0 Å². The first-order chi connectivity index (χ1) is 10.8. The van der Waals surface area contributed by atoms with Gasteiger partial charge in [0, 0.05) is 45.8 Å². The first kappa shape index (κ1) is 15.7. The lowest BCUT2D eigenvalue weighted by Crippen LogP contribution is -2.44. The van der Waals surface area contributed by atoms with Gasteiger partial charge in [-0.05, 0) is 11.6 Å². The quantitative estimate of drug-likeness (QED) is 0.908. The average Bonchev–Trinajstić information content (AvgIpc) is 2.56. The van der Waals surface area contributed by atoms with Crippen molar-refractivity contribution < 1.29 is 9.53 Å². The van der Waals surface area contributed by atoms with Gasteiger partial charge in [-0.25, -0.2) is 0 Å². The summed E-state index contributed by atoms with van der Waals surface area (Å²) in [5.74, 6) is 0.0269. The number of carbonyl (C=O) groups is 1. The van der Waals surface area contributed by atoms with Crippen LogP contribution in [0.3, 0.4) is 0 Å². The van der Waals surface area contributed by atoms with E-state index in [2.05, 4.69) is 10.2 Å². The Morgan fingerprint density at radius 1 is 1.18 bits per heavy atom. The van der Waals surface area contributed by atoms with Crippen molar-refractivity contribution in [3.63, 3.8) is 0 Å². The van der Waals surface area contributed by atoms with E-state index in [0.29, 0.717) is 36.9 Å². The highest BCUT2D eigenvalue weighted by atomic mass is 35.5. The molecule has 2 fully saturated rings. The van der Waals surface area contributed by atoms with Crippen molar-refractivity contribution in [2.75, 3.05) is 52.5 Å². The zero-order valence-corrected chi connectivity index (χ0v) is 13.4. The van der Waals surface area contributed by atoms with E-state index in [1.165, 1.54) is 0 Å². The summed E-state index contributed by atoms with van der Waals surface area (Å²) < 4.78 is 5.33. The number of carbonyl (C=O) groups excluding carboxylic acids is 1. The number of hydrogen-bond donors (Lipinski definition) is 1. The molecule has 0 aliphatic carbocycles. The van der Waals surface area contributed by atoms with Crippen LogP contribution in [-0.2, 0) is 11.3 Å². The fraction of sp³-hybridized carbons (Fsp3) is 0.562. The van der Waals surface area contributed by atoms with Crippen LogP contribution in [-0.4, -0.2) is 68.2 Å². The van der Waals surface area contributed by atoms with Crippen molar-refractivity contribution in [3.05, 3.63) is 34.3 Å². The summed E-state index contributed by atoms with van der Waals surface area (Å²) in [6.45, 7) is 7.23. The number of rotatable bonds is 3. The molecule has 120 valence electrons. The number of amides is 1. The van der Waals surface area contributed by atoms with E-state index in [9.17, 15) is 4.79 Å². The molecule has 1 aromatic carbocycles. The third-order valence-electron chi connectivity index (χ3n) is 4.22. The van der Waals surface area contributed by atoms with Gasteiger partial charge < -0.3 is 15.0 Å². The van der Waals surface area contributed by atoms with Gasteiger partial charge in [0.1, 0.15) is 0 Å². The van der Waals surface area contributed by atoms with Crippen molar-refractivity contribution in [2.24, 2.45) is 0 Å². The summed E-state index contributed by atoms with van der Waals surface area (Å²) in [5.41, 5.74) is 1.68. The molecule has 1 amide bonds. The number of benzene rings is 1. The topological polar surface area (TPSA) is 44.8 Å². The molecular formula is C16H22ClN3O2. The normalized spacial score (nSPS) is 20.1. The van der Waals surface area contributed by atoms with Gasteiger partial charge in [-0.15, -0.1) is 0 Å². The van der Waals surface area contributed by atoms with Gasteiger partial charge >= 0.3 is 0 Å². The molecule has 1 N–H and O–H groups in total. The molecule has 3 rings (SSSR count). The molecule has 0 aromatic heterocycles. The second-order valence-electron chi connectivity index (χ2n) is 5.70. The molecule has 2 aliphatic heterocycles. The van der Waals surface area contributed by atoms with Crippen molar-refractivity contribution in [1.82, 2.24) is 15.1 Å². The van der Waals surface area contributed by atoms with Crippen LogP contribution in [0.2, 0.25) is 5.02 Å². The zero-order chi connectivity index (χ0) is 15.4. The highest BCUT2D eigenvalue weighted by Crippen LogP contribution is 2.24. The maximum Gasteiger partial charge on any atom is 0.255 e. The molecule has 1 aromatic rings. The number of ether oxygens (including phenoxy) is 1. The smallest absolute Gasteiger partial charge is 0.255 e. The average molecular weight is 324 g/mol. The van der Waals surface area contributed by atoms with E-state index in [-0.39, 0.29) is 5.91 Å². The number of hydrogen-bond acceptors (Lipinski definition) is 4. The predicted octanol–water partition coefficient (Wildman–Crippen LogP) is 1.22. The highest BCUT2D eigenvalue weighted by molar-refractivity contribution is 6.34. The predicted molar refractivity (Wildman–Crippen MR) is 86.3 cm³/mol. The molecule has 0 spiro atoms. The summed E-state index contributed by atoms with van der Waals surface area (Å²) >= 11 is 6.35. The first-order valence-corrected chi connectivity index (χ1v) is 8.21. The fourth-order valence-corrected chi connectivity index (χ4v) is 3.25. The van der Waals surface area contributed by atoms with Crippen molar-refractivity contribution in [3.8, 4) is 0 Å². The minimum absolute atomic E-state index is 0.0269. The lowest BCUT2D eigenvalue weighted by atomic mass is 10.0. The van der Waals surface area contributed by atoms with Crippen LogP contribution in [0.25, 0.3) is 0 Å². The molecule has 0 atom stereocenters. The molecule has 0 unspecified atom stereocenters. The standard InChI is InChI=1S/C16H22ClN3O2/c17-14-3-1-2-13(12-19-6-4-18-5-7-19)15(14)16(21)20-8-10-22-11-9-20/h1-3,18H,4-12H2. The van der Waals surface area contributed by atoms with E-state index in [1.807, 2.05) is 17.0 Å². The number of morpholine rings is 1. The van der Waals surface area contributed by atoms with E-state index >= 15 is 0 Å². The third kappa shape index (κ3) is 3.60. The van der Waals surface area contributed by atoms with Gasteiger partial charge in [-0.1, -0.05) is 23.7 Å². The van der Waals surface area contributed by atoms with Crippen LogP contribution >= 0.6 is 11.6 Å². The molecule has 5 nitrogen and oxygen atoms in total. The second-order valence-corrected chi connectivity index (χ2v) is 6.11. The highest BCUT2D eigenvalue weighted by Gasteiger charge is 2.24. The number of nitrogens with zero attached hydrogens (tertiary/aromatic N) is 2. The number of piperazine rings is 1. The summed E-state index contributed by atoms with van der Waals surface area (Å²) in [6, 6.07) is 5.74. The van der Waals surface area contributed by atoms with Crippen molar-refractivity contribution in [1.29, 1.82) is 0 Å². The van der Waals surface area contributed by atoms with Gasteiger partial charge in [0.05, 0.1) is 23.8 Å². The summed E-state index contributed by atoms with van der Waals surface area (Å²) in [4.78, 5) is 17.0. The van der Waals surface area contributed by atoms with E-state index < -0.39 is 0 Å². The molecule has 6 heteroatoms. The Balaban J connectivity index is 1.80. The molecule has 0 saturated carbocycles. The molecular weight excluding hydrogens is 302 g/mol. The SMILES string of the molecule is O=C(c1c(Cl)cccc1CN1CCNCC1)N1CCOCC1. The van der Waals surface area contributed by atoms with Crippen molar-refractivity contribution >= 4 is 17.5 Å². The summed E-state index contributed by atoms with van der Waals surface area (Å²) in [6.07, 6.45) is 0. The van der Waals surface area contributed by atoms with Gasteiger partial charge in [0.25, 0.3) is 5.91 Å². The molecule has 2 heterocycles. The molecule has 2 saturated heterocycles. The van der Waals surface area contributed by atoms with E-state index in [0.717, 1.165) is 38.3 Å². The Labute approximate surface area is 136 Å². The van der Waals surface area contributed by atoms with Gasteiger partial charge in [-0.3, -0.25) is 9.69 Å². The van der Waals surface area contributed by atoms with Crippen LogP contribution < -0.4 is 5.32 Å². The Morgan fingerprint density at radius 3 is 2.64 bits per heavy atom. The monoisotopic (exact) mass is 323 g/mol. The van der Waals surface area contributed by atoms with Crippen LogP contribution in [0.4, 0.5) is 0 Å². The molecule has 0 bridgehead atoms. The Hall–Kier alpha value is -1.14. The summed E-state index contributed by atoms with van der Waals surface area (Å²) in [5, 5.41) is 3.89. The van der Waals surface area contributed by atoms with Crippen LogP contribution in [0.15, 0.2) is 18.2 Å². The Kier molecular flexibility index (Phi) is 5.31. The van der Waals surface area contributed by atoms with Gasteiger partial charge in [0.15, 0.2) is 0 Å². The first-order valence-electron chi connectivity index (χ1n) is 7.83.